The average molecular weight is 275 g/mol. The first-order chi connectivity index (χ1) is 8.49. The van der Waals surface area contributed by atoms with Gasteiger partial charge in [-0.15, -0.1) is 0 Å². The number of carbonyl (C=O) groups excluding carboxylic acids is 1. The first kappa shape index (κ1) is 15.0. The van der Waals surface area contributed by atoms with Crippen molar-refractivity contribution in [2.75, 3.05) is 19.8 Å². The Bertz CT molecular complexity index is 379. The number of aliphatic hydroxyl groups is 1. The molecule has 1 heterocycles. The number of nitrogens with one attached hydrogen (secondary N) is 2. The summed E-state index contributed by atoms with van der Waals surface area (Å²) in [7, 11) is 0. The fourth-order valence-electron chi connectivity index (χ4n) is 1.30. The van der Waals surface area contributed by atoms with Crippen molar-refractivity contribution >= 4 is 17.5 Å². The number of aliphatic hydroxyl groups excluding tert-OH is 1. The Kier molecular flexibility index (Phi) is 6.18. The summed E-state index contributed by atoms with van der Waals surface area (Å²) in [6.07, 6.45) is 0.816. The molecular formula is C12H19ClN2O3. The molecule has 1 atom stereocenters. The number of hydrogen-bond acceptors (Lipinski definition) is 3. The van der Waals surface area contributed by atoms with Crippen molar-refractivity contribution in [2.45, 2.75) is 20.0 Å². The third-order valence-corrected chi connectivity index (χ3v) is 2.37. The van der Waals surface area contributed by atoms with Gasteiger partial charge in [-0.1, -0.05) is 25.4 Å². The molecule has 0 aliphatic carbocycles. The molecule has 1 rings (SSSR count). The largest absolute Gasteiger partial charge is 0.389 e. The number of carbonyl (C=O) groups is 1. The van der Waals surface area contributed by atoms with Crippen LogP contribution < -0.4 is 5.32 Å². The van der Waals surface area contributed by atoms with Crippen molar-refractivity contribution in [3.63, 3.8) is 0 Å². The molecule has 0 aliphatic rings. The molecule has 0 fully saturated rings. The van der Waals surface area contributed by atoms with Gasteiger partial charge in [0.2, 0.25) is 0 Å². The highest BCUT2D eigenvalue weighted by Crippen LogP contribution is 2.08. The van der Waals surface area contributed by atoms with Crippen LogP contribution in [-0.2, 0) is 4.74 Å². The maximum atomic E-state index is 11.6. The molecule has 0 aromatic carbocycles. The Balaban J connectivity index is 2.22. The van der Waals surface area contributed by atoms with Crippen LogP contribution in [0.1, 0.15) is 24.3 Å². The molecule has 0 aliphatic heterocycles. The van der Waals surface area contributed by atoms with Crippen molar-refractivity contribution in [1.29, 1.82) is 0 Å². The summed E-state index contributed by atoms with van der Waals surface area (Å²) in [6, 6.07) is 1.53. The van der Waals surface area contributed by atoms with Crippen LogP contribution in [0.4, 0.5) is 0 Å². The summed E-state index contributed by atoms with van der Waals surface area (Å²) >= 11 is 5.68. The first-order valence-electron chi connectivity index (χ1n) is 5.87. The van der Waals surface area contributed by atoms with Gasteiger partial charge in [0.25, 0.3) is 5.91 Å². The van der Waals surface area contributed by atoms with E-state index in [0.29, 0.717) is 23.2 Å². The number of aromatic nitrogens is 1. The second-order valence-electron chi connectivity index (χ2n) is 4.53. The number of H-pyrrole nitrogens is 1. The van der Waals surface area contributed by atoms with Crippen LogP contribution >= 0.6 is 11.6 Å². The zero-order valence-corrected chi connectivity index (χ0v) is 11.3. The van der Waals surface area contributed by atoms with Gasteiger partial charge < -0.3 is 20.1 Å². The van der Waals surface area contributed by atoms with E-state index in [-0.39, 0.29) is 19.1 Å². The van der Waals surface area contributed by atoms with Crippen molar-refractivity contribution < 1.29 is 14.6 Å². The summed E-state index contributed by atoms with van der Waals surface area (Å²) in [5, 5.41) is 12.7. The highest BCUT2D eigenvalue weighted by Gasteiger charge is 2.10. The maximum Gasteiger partial charge on any atom is 0.267 e. The molecule has 6 heteroatoms. The van der Waals surface area contributed by atoms with Gasteiger partial charge >= 0.3 is 0 Å². The van der Waals surface area contributed by atoms with Crippen LogP contribution in [0.5, 0.6) is 0 Å². The molecule has 5 nitrogen and oxygen atoms in total. The van der Waals surface area contributed by atoms with Crippen LogP contribution in [-0.4, -0.2) is 41.9 Å². The lowest BCUT2D eigenvalue weighted by atomic mass is 10.2. The number of rotatable bonds is 7. The first-order valence-corrected chi connectivity index (χ1v) is 6.24. The third kappa shape index (κ3) is 5.53. The van der Waals surface area contributed by atoms with Gasteiger partial charge in [0.05, 0.1) is 17.7 Å². The molecule has 102 valence electrons. The van der Waals surface area contributed by atoms with Crippen LogP contribution in [0.2, 0.25) is 5.02 Å². The lowest BCUT2D eigenvalue weighted by Crippen LogP contribution is -2.35. The standard InChI is InChI=1S/C12H19ClN2O3/c1-8(2)6-18-7-10(16)5-15-12(17)11-3-9(13)4-14-11/h3-4,8,10,14,16H,5-7H2,1-2H3,(H,15,17). The Hall–Kier alpha value is -1.04. The van der Waals surface area contributed by atoms with E-state index in [4.69, 9.17) is 16.3 Å². The Morgan fingerprint density at radius 1 is 1.56 bits per heavy atom. The molecule has 1 aromatic rings. The average Bonchev–Trinajstić information content (AvgIpc) is 2.72. The van der Waals surface area contributed by atoms with Crippen LogP contribution in [0.15, 0.2) is 12.3 Å². The minimum Gasteiger partial charge on any atom is -0.389 e. The highest BCUT2D eigenvalue weighted by molar-refractivity contribution is 6.30. The number of halogens is 1. The van der Waals surface area contributed by atoms with Gasteiger partial charge in [-0.25, -0.2) is 0 Å². The molecule has 0 bridgehead atoms. The number of ether oxygens (including phenoxy) is 1. The van der Waals surface area contributed by atoms with Gasteiger partial charge in [0.15, 0.2) is 0 Å². The molecule has 18 heavy (non-hydrogen) atoms. The molecule has 0 saturated carbocycles. The van der Waals surface area contributed by atoms with Gasteiger partial charge in [-0.2, -0.15) is 0 Å². The van der Waals surface area contributed by atoms with E-state index in [1.165, 1.54) is 12.3 Å². The summed E-state index contributed by atoms with van der Waals surface area (Å²) in [5.74, 6) is 0.123. The Labute approximate surface area is 111 Å². The fraction of sp³-hybridized carbons (Fsp3) is 0.583. The smallest absolute Gasteiger partial charge is 0.267 e. The number of amides is 1. The summed E-state index contributed by atoms with van der Waals surface area (Å²) in [6.45, 7) is 5.01. The molecule has 0 radical (unpaired) electrons. The van der Waals surface area contributed by atoms with Gasteiger partial charge in [0.1, 0.15) is 5.69 Å². The van der Waals surface area contributed by atoms with E-state index in [0.717, 1.165) is 0 Å². The molecule has 0 saturated heterocycles. The van der Waals surface area contributed by atoms with E-state index < -0.39 is 6.10 Å². The number of hydrogen-bond donors (Lipinski definition) is 3. The zero-order valence-electron chi connectivity index (χ0n) is 10.6. The second kappa shape index (κ2) is 7.41. The summed E-state index contributed by atoms with van der Waals surface area (Å²) < 4.78 is 5.27. The quantitative estimate of drug-likeness (QED) is 0.704. The van der Waals surface area contributed by atoms with E-state index in [2.05, 4.69) is 10.3 Å². The predicted octanol–water partition coefficient (Wildman–Crippen LogP) is 1.43. The molecular weight excluding hydrogens is 256 g/mol. The predicted molar refractivity (Wildman–Crippen MR) is 69.8 cm³/mol. The normalized spacial score (nSPS) is 12.7. The maximum absolute atomic E-state index is 11.6. The molecule has 1 amide bonds. The third-order valence-electron chi connectivity index (χ3n) is 2.15. The monoisotopic (exact) mass is 274 g/mol. The van der Waals surface area contributed by atoms with E-state index in [1.807, 2.05) is 13.8 Å². The van der Waals surface area contributed by atoms with Crippen LogP contribution in [0.25, 0.3) is 0 Å². The van der Waals surface area contributed by atoms with Crippen molar-refractivity contribution in [2.24, 2.45) is 5.92 Å². The van der Waals surface area contributed by atoms with Crippen molar-refractivity contribution in [1.82, 2.24) is 10.3 Å². The highest BCUT2D eigenvalue weighted by atomic mass is 35.5. The summed E-state index contributed by atoms with van der Waals surface area (Å²) in [4.78, 5) is 14.3. The lowest BCUT2D eigenvalue weighted by Gasteiger charge is -2.13. The van der Waals surface area contributed by atoms with Crippen molar-refractivity contribution in [3.8, 4) is 0 Å². The minimum atomic E-state index is -0.710. The lowest BCUT2D eigenvalue weighted by molar-refractivity contribution is 0.0259. The van der Waals surface area contributed by atoms with Gasteiger partial charge in [0, 0.05) is 19.3 Å². The van der Waals surface area contributed by atoms with Crippen LogP contribution in [0, 0.1) is 5.92 Å². The van der Waals surface area contributed by atoms with Gasteiger partial charge in [-0.3, -0.25) is 4.79 Å². The topological polar surface area (TPSA) is 74.3 Å². The van der Waals surface area contributed by atoms with E-state index >= 15 is 0 Å². The summed E-state index contributed by atoms with van der Waals surface area (Å²) in [5.41, 5.74) is 0.371. The van der Waals surface area contributed by atoms with Gasteiger partial charge in [-0.05, 0) is 12.0 Å². The Morgan fingerprint density at radius 3 is 2.83 bits per heavy atom. The molecule has 0 spiro atoms. The minimum absolute atomic E-state index is 0.146. The van der Waals surface area contributed by atoms with E-state index in [9.17, 15) is 9.90 Å². The van der Waals surface area contributed by atoms with E-state index in [1.54, 1.807) is 0 Å². The SMILES string of the molecule is CC(C)COCC(O)CNC(=O)c1cc(Cl)c[nH]1. The number of aromatic amines is 1. The fourth-order valence-corrected chi connectivity index (χ4v) is 1.47. The molecule has 1 aromatic heterocycles. The molecule has 1 unspecified atom stereocenters. The Morgan fingerprint density at radius 2 is 2.28 bits per heavy atom. The van der Waals surface area contributed by atoms with Crippen molar-refractivity contribution in [3.05, 3.63) is 23.0 Å². The van der Waals surface area contributed by atoms with Crippen LogP contribution in [0.3, 0.4) is 0 Å². The molecule has 3 N–H and O–H groups in total. The zero-order chi connectivity index (χ0) is 13.5. The second-order valence-corrected chi connectivity index (χ2v) is 4.96.